The van der Waals surface area contributed by atoms with Crippen LogP contribution in [0.1, 0.15) is 56.3 Å². The molecule has 0 spiro atoms. The van der Waals surface area contributed by atoms with Crippen LogP contribution >= 0.6 is 0 Å². The molecule has 0 radical (unpaired) electrons. The van der Waals surface area contributed by atoms with Crippen molar-refractivity contribution in [2.75, 3.05) is 6.54 Å². The molecule has 1 saturated heterocycles. The van der Waals surface area contributed by atoms with Crippen molar-refractivity contribution in [1.29, 1.82) is 0 Å². The maximum atomic E-state index is 12.5. The smallest absolute Gasteiger partial charge is 0.241 e. The summed E-state index contributed by atoms with van der Waals surface area (Å²) < 4.78 is 0. The van der Waals surface area contributed by atoms with Crippen molar-refractivity contribution in [2.24, 2.45) is 5.92 Å². The minimum absolute atomic E-state index is 0.0503. The molecule has 114 valence electrons. The Labute approximate surface area is 127 Å². The van der Waals surface area contributed by atoms with Gasteiger partial charge in [0.05, 0.1) is 6.04 Å². The highest BCUT2D eigenvalue weighted by molar-refractivity contribution is 5.84. The van der Waals surface area contributed by atoms with Crippen LogP contribution in [0.15, 0.2) is 24.3 Å². The van der Waals surface area contributed by atoms with E-state index in [0.29, 0.717) is 5.92 Å². The Bertz CT molecular complexity index is 508. The zero-order valence-electron chi connectivity index (χ0n) is 13.1. The van der Waals surface area contributed by atoms with Gasteiger partial charge < -0.3 is 4.90 Å². The van der Waals surface area contributed by atoms with Crippen molar-refractivity contribution < 1.29 is 4.79 Å². The van der Waals surface area contributed by atoms with Gasteiger partial charge in [-0.15, -0.1) is 0 Å². The van der Waals surface area contributed by atoms with Crippen LogP contribution in [0.5, 0.6) is 0 Å². The Hall–Kier alpha value is -1.35. The molecule has 1 aromatic rings. The molecule has 2 atom stereocenters. The van der Waals surface area contributed by atoms with Crippen LogP contribution in [-0.4, -0.2) is 23.4 Å². The van der Waals surface area contributed by atoms with Crippen molar-refractivity contribution in [1.82, 2.24) is 10.2 Å². The number of hydrogen-bond acceptors (Lipinski definition) is 2. The molecule has 3 heteroatoms. The van der Waals surface area contributed by atoms with E-state index in [1.54, 1.807) is 0 Å². The second kappa shape index (κ2) is 6.18. The quantitative estimate of drug-likeness (QED) is 0.923. The number of nitrogens with zero attached hydrogens (tertiary/aromatic N) is 1. The fourth-order valence-electron chi connectivity index (χ4n) is 3.73. The molecule has 1 saturated carbocycles. The Morgan fingerprint density at radius 1 is 1.24 bits per heavy atom. The largest absolute Gasteiger partial charge is 0.321 e. The summed E-state index contributed by atoms with van der Waals surface area (Å²) in [5, 5.41) is 3.46. The zero-order valence-corrected chi connectivity index (χ0v) is 13.1. The molecule has 21 heavy (non-hydrogen) atoms. The second-order valence-corrected chi connectivity index (χ2v) is 6.70. The molecule has 3 nitrogen and oxygen atoms in total. The number of benzene rings is 1. The molecule has 1 aromatic carbocycles. The van der Waals surface area contributed by atoms with Gasteiger partial charge in [-0.05, 0) is 38.2 Å². The SMILES string of the molecule is Cc1cccc(C2NC(C)C(=O)N2CC2CCCCC2)c1. The first-order chi connectivity index (χ1) is 10.1. The summed E-state index contributed by atoms with van der Waals surface area (Å²) in [5.41, 5.74) is 2.46. The summed E-state index contributed by atoms with van der Waals surface area (Å²) in [5.74, 6) is 0.939. The summed E-state index contributed by atoms with van der Waals surface area (Å²) in [6.07, 6.45) is 6.61. The Balaban J connectivity index is 1.78. The number of hydrogen-bond donors (Lipinski definition) is 1. The molecule has 1 aliphatic heterocycles. The molecule has 3 rings (SSSR count). The lowest BCUT2D eigenvalue weighted by molar-refractivity contribution is -0.130. The van der Waals surface area contributed by atoms with E-state index in [-0.39, 0.29) is 18.1 Å². The van der Waals surface area contributed by atoms with Gasteiger partial charge in [0.15, 0.2) is 0 Å². The predicted molar refractivity (Wildman–Crippen MR) is 84.8 cm³/mol. The third-order valence-corrected chi connectivity index (χ3v) is 4.91. The lowest BCUT2D eigenvalue weighted by atomic mass is 9.88. The summed E-state index contributed by atoms with van der Waals surface area (Å²) >= 11 is 0. The molecular formula is C18H26N2O. The molecule has 1 amide bonds. The van der Waals surface area contributed by atoms with Crippen molar-refractivity contribution in [2.45, 2.75) is 58.2 Å². The summed E-state index contributed by atoms with van der Waals surface area (Å²) in [4.78, 5) is 14.6. The van der Waals surface area contributed by atoms with Crippen LogP contribution in [0.2, 0.25) is 0 Å². The van der Waals surface area contributed by atoms with Crippen LogP contribution in [0.25, 0.3) is 0 Å². The highest BCUT2D eigenvalue weighted by Gasteiger charge is 2.38. The Morgan fingerprint density at radius 3 is 2.71 bits per heavy atom. The molecule has 2 aliphatic rings. The minimum Gasteiger partial charge on any atom is -0.321 e. The van der Waals surface area contributed by atoms with Gasteiger partial charge in [0.25, 0.3) is 0 Å². The van der Waals surface area contributed by atoms with E-state index in [4.69, 9.17) is 0 Å². The van der Waals surface area contributed by atoms with Crippen LogP contribution in [0.3, 0.4) is 0 Å². The first kappa shape index (κ1) is 14.6. The average molecular weight is 286 g/mol. The monoisotopic (exact) mass is 286 g/mol. The highest BCUT2D eigenvalue weighted by atomic mass is 16.2. The molecule has 1 N–H and O–H groups in total. The third kappa shape index (κ3) is 3.13. The zero-order chi connectivity index (χ0) is 14.8. The van der Waals surface area contributed by atoms with Crippen molar-refractivity contribution in [3.05, 3.63) is 35.4 Å². The fourth-order valence-corrected chi connectivity index (χ4v) is 3.73. The van der Waals surface area contributed by atoms with Crippen LogP contribution in [-0.2, 0) is 4.79 Å². The first-order valence-corrected chi connectivity index (χ1v) is 8.28. The molecule has 1 aliphatic carbocycles. The van der Waals surface area contributed by atoms with E-state index < -0.39 is 0 Å². The fraction of sp³-hybridized carbons (Fsp3) is 0.611. The van der Waals surface area contributed by atoms with Crippen molar-refractivity contribution in [3.8, 4) is 0 Å². The molecule has 2 fully saturated rings. The number of carbonyl (C=O) groups is 1. The van der Waals surface area contributed by atoms with Crippen LogP contribution in [0, 0.1) is 12.8 Å². The summed E-state index contributed by atoms with van der Waals surface area (Å²) in [6.45, 7) is 5.00. The van der Waals surface area contributed by atoms with E-state index in [2.05, 4.69) is 41.4 Å². The number of aryl methyl sites for hydroxylation is 1. The van der Waals surface area contributed by atoms with Gasteiger partial charge in [-0.2, -0.15) is 0 Å². The number of amides is 1. The lowest BCUT2D eigenvalue weighted by Gasteiger charge is -2.31. The lowest BCUT2D eigenvalue weighted by Crippen LogP contribution is -2.35. The van der Waals surface area contributed by atoms with E-state index in [1.165, 1.54) is 43.2 Å². The van der Waals surface area contributed by atoms with Crippen LogP contribution in [0.4, 0.5) is 0 Å². The van der Waals surface area contributed by atoms with Gasteiger partial charge in [-0.3, -0.25) is 10.1 Å². The second-order valence-electron chi connectivity index (χ2n) is 6.70. The first-order valence-electron chi connectivity index (χ1n) is 8.28. The van der Waals surface area contributed by atoms with Gasteiger partial charge in [0.1, 0.15) is 6.17 Å². The molecule has 2 unspecified atom stereocenters. The number of nitrogens with one attached hydrogen (secondary N) is 1. The van der Waals surface area contributed by atoms with Crippen molar-refractivity contribution in [3.63, 3.8) is 0 Å². The Morgan fingerprint density at radius 2 is 2.00 bits per heavy atom. The van der Waals surface area contributed by atoms with E-state index in [9.17, 15) is 4.79 Å². The highest BCUT2D eigenvalue weighted by Crippen LogP contribution is 2.31. The maximum absolute atomic E-state index is 12.5. The van der Waals surface area contributed by atoms with Crippen molar-refractivity contribution >= 4 is 5.91 Å². The van der Waals surface area contributed by atoms with Gasteiger partial charge in [0.2, 0.25) is 5.91 Å². The van der Waals surface area contributed by atoms with Gasteiger partial charge in [-0.25, -0.2) is 0 Å². The van der Waals surface area contributed by atoms with Crippen LogP contribution < -0.4 is 5.32 Å². The summed E-state index contributed by atoms with van der Waals surface area (Å²) in [6, 6.07) is 8.44. The third-order valence-electron chi connectivity index (χ3n) is 4.91. The molecular weight excluding hydrogens is 260 g/mol. The van der Waals surface area contributed by atoms with Gasteiger partial charge >= 0.3 is 0 Å². The topological polar surface area (TPSA) is 32.3 Å². The molecule has 0 aromatic heterocycles. The maximum Gasteiger partial charge on any atom is 0.241 e. The molecule has 1 heterocycles. The number of carbonyl (C=O) groups excluding carboxylic acids is 1. The Kier molecular flexibility index (Phi) is 4.29. The molecule has 0 bridgehead atoms. The number of rotatable bonds is 3. The standard InChI is InChI=1S/C18H26N2O/c1-13-7-6-10-16(11-13)17-19-14(2)18(21)20(17)12-15-8-4-3-5-9-15/h6-7,10-11,14-15,17,19H,3-5,8-9,12H2,1-2H3. The van der Waals surface area contributed by atoms with E-state index in [0.717, 1.165) is 6.54 Å². The van der Waals surface area contributed by atoms with Gasteiger partial charge in [0, 0.05) is 6.54 Å². The van der Waals surface area contributed by atoms with Gasteiger partial charge in [-0.1, -0.05) is 49.1 Å². The predicted octanol–water partition coefficient (Wildman–Crippen LogP) is 3.39. The normalized spacial score (nSPS) is 27.3. The van der Waals surface area contributed by atoms with E-state index >= 15 is 0 Å². The average Bonchev–Trinajstić information content (AvgIpc) is 2.77. The minimum atomic E-state index is -0.0703. The van der Waals surface area contributed by atoms with E-state index in [1.807, 2.05) is 6.92 Å². The summed E-state index contributed by atoms with van der Waals surface area (Å²) in [7, 11) is 0.